The summed E-state index contributed by atoms with van der Waals surface area (Å²) in [5.41, 5.74) is 0.496. The quantitative estimate of drug-likeness (QED) is 0.490. The van der Waals surface area contributed by atoms with Crippen LogP contribution in [0.25, 0.3) is 0 Å². The van der Waals surface area contributed by atoms with Crippen molar-refractivity contribution in [1.29, 1.82) is 0 Å². The fourth-order valence-corrected chi connectivity index (χ4v) is 2.77. The third-order valence-electron chi connectivity index (χ3n) is 2.83. The second-order valence-corrected chi connectivity index (χ2v) is 6.07. The number of hydrogen-bond donors (Lipinski definition) is 3. The van der Waals surface area contributed by atoms with Crippen molar-refractivity contribution in [3.8, 4) is 11.5 Å². The molecular formula is C14H9Cl4NO3. The molecule has 0 saturated heterocycles. The minimum atomic E-state index is -0.788. The predicted octanol–water partition coefficient (Wildman–Crippen LogP) is 5.27. The van der Waals surface area contributed by atoms with Crippen LogP contribution in [0.3, 0.4) is 0 Å². The number of amides is 1. The zero-order valence-corrected chi connectivity index (χ0v) is 14.1. The maximum absolute atomic E-state index is 12.3. The first-order valence-electron chi connectivity index (χ1n) is 5.89. The number of aromatic hydroxyl groups is 2. The van der Waals surface area contributed by atoms with Gasteiger partial charge in [-0.05, 0) is 30.7 Å². The summed E-state index contributed by atoms with van der Waals surface area (Å²) in [5, 5.41) is 22.0. The second-order valence-electron chi connectivity index (χ2n) is 4.47. The molecule has 0 heterocycles. The van der Waals surface area contributed by atoms with Crippen molar-refractivity contribution in [2.75, 3.05) is 5.32 Å². The highest BCUT2D eigenvalue weighted by Crippen LogP contribution is 2.39. The number of phenols is 2. The number of benzene rings is 2. The number of hydrogen-bond acceptors (Lipinski definition) is 3. The summed E-state index contributed by atoms with van der Waals surface area (Å²) in [6.45, 7) is 1.74. The lowest BCUT2D eigenvalue weighted by Gasteiger charge is -2.13. The molecule has 1 amide bonds. The summed E-state index contributed by atoms with van der Waals surface area (Å²) in [4.78, 5) is 12.3. The molecule has 2 rings (SSSR count). The van der Waals surface area contributed by atoms with Crippen molar-refractivity contribution >= 4 is 58.0 Å². The van der Waals surface area contributed by atoms with Crippen molar-refractivity contribution in [2.24, 2.45) is 0 Å². The number of anilines is 1. The maximum atomic E-state index is 12.3. The number of nitrogens with one attached hydrogen (secondary N) is 1. The van der Waals surface area contributed by atoms with Gasteiger partial charge in [-0.25, -0.2) is 0 Å². The Bertz CT molecular complexity index is 751. The van der Waals surface area contributed by atoms with Crippen LogP contribution in [0.5, 0.6) is 11.5 Å². The Morgan fingerprint density at radius 1 is 0.955 bits per heavy atom. The smallest absolute Gasteiger partial charge is 0.261 e. The van der Waals surface area contributed by atoms with Gasteiger partial charge in [0.15, 0.2) is 5.75 Å². The Morgan fingerprint density at radius 3 is 2.18 bits per heavy atom. The number of carbonyl (C=O) groups excluding carboxylic acids is 1. The van der Waals surface area contributed by atoms with Crippen LogP contribution in [0.4, 0.5) is 5.69 Å². The van der Waals surface area contributed by atoms with Gasteiger partial charge in [-0.15, -0.1) is 0 Å². The van der Waals surface area contributed by atoms with E-state index < -0.39 is 11.7 Å². The first-order chi connectivity index (χ1) is 10.2. The molecule has 0 radical (unpaired) electrons. The van der Waals surface area contributed by atoms with Crippen molar-refractivity contribution in [3.63, 3.8) is 0 Å². The fourth-order valence-electron chi connectivity index (χ4n) is 1.81. The largest absolute Gasteiger partial charge is 0.505 e. The van der Waals surface area contributed by atoms with E-state index >= 15 is 0 Å². The van der Waals surface area contributed by atoms with Gasteiger partial charge in [0.1, 0.15) is 11.3 Å². The highest BCUT2D eigenvalue weighted by Gasteiger charge is 2.22. The van der Waals surface area contributed by atoms with E-state index in [2.05, 4.69) is 5.32 Å². The Balaban J connectivity index is 2.47. The molecule has 2 aromatic carbocycles. The van der Waals surface area contributed by atoms with E-state index in [1.54, 1.807) is 6.92 Å². The van der Waals surface area contributed by atoms with Crippen LogP contribution in [-0.4, -0.2) is 16.1 Å². The summed E-state index contributed by atoms with van der Waals surface area (Å²) in [6.07, 6.45) is 0. The molecule has 0 aliphatic carbocycles. The fraction of sp³-hybridized carbons (Fsp3) is 0.0714. The molecule has 22 heavy (non-hydrogen) atoms. The Hall–Kier alpha value is -1.33. The van der Waals surface area contributed by atoms with Gasteiger partial charge in [0.05, 0.1) is 25.8 Å². The zero-order chi connectivity index (χ0) is 16.6. The lowest BCUT2D eigenvalue weighted by Crippen LogP contribution is -2.13. The molecule has 8 heteroatoms. The second kappa shape index (κ2) is 6.42. The van der Waals surface area contributed by atoms with Gasteiger partial charge in [-0.1, -0.05) is 46.4 Å². The minimum absolute atomic E-state index is 0.0149. The summed E-state index contributed by atoms with van der Waals surface area (Å²) >= 11 is 23.4. The van der Waals surface area contributed by atoms with Crippen LogP contribution in [-0.2, 0) is 0 Å². The zero-order valence-electron chi connectivity index (χ0n) is 11.0. The first-order valence-corrected chi connectivity index (χ1v) is 7.40. The highest BCUT2D eigenvalue weighted by molar-refractivity contribution is 6.46. The van der Waals surface area contributed by atoms with Crippen molar-refractivity contribution in [2.45, 2.75) is 6.92 Å². The monoisotopic (exact) mass is 379 g/mol. The summed E-state index contributed by atoms with van der Waals surface area (Å²) < 4.78 is 0. The highest BCUT2D eigenvalue weighted by atomic mass is 35.5. The van der Waals surface area contributed by atoms with Crippen molar-refractivity contribution < 1.29 is 15.0 Å². The Kier molecular flexibility index (Phi) is 4.97. The lowest BCUT2D eigenvalue weighted by molar-refractivity contribution is 0.102. The summed E-state index contributed by atoms with van der Waals surface area (Å²) in [6, 6.07) is 4.27. The number of rotatable bonds is 2. The van der Waals surface area contributed by atoms with Gasteiger partial charge in [-0.2, -0.15) is 0 Å². The molecule has 0 atom stereocenters. The molecule has 0 fully saturated rings. The molecular weight excluding hydrogens is 372 g/mol. The summed E-state index contributed by atoms with van der Waals surface area (Å²) in [5.74, 6) is -1.60. The van der Waals surface area contributed by atoms with Gasteiger partial charge in [0.2, 0.25) is 0 Å². The molecule has 0 aliphatic heterocycles. The first kappa shape index (κ1) is 17.0. The average Bonchev–Trinajstić information content (AvgIpc) is 2.42. The molecule has 2 aromatic rings. The molecule has 0 aromatic heterocycles. The average molecular weight is 381 g/mol. The van der Waals surface area contributed by atoms with Gasteiger partial charge in [-0.3, -0.25) is 4.79 Å². The number of aryl methyl sites for hydroxylation is 1. The van der Waals surface area contributed by atoms with Crippen LogP contribution >= 0.6 is 46.4 Å². The normalized spacial score (nSPS) is 10.6. The van der Waals surface area contributed by atoms with E-state index in [1.165, 1.54) is 18.2 Å². The SMILES string of the molecule is Cc1cc(Cl)c(O)c(NC(=O)c2c(O)c(Cl)cc(Cl)c2Cl)c1. The van der Waals surface area contributed by atoms with E-state index in [4.69, 9.17) is 46.4 Å². The van der Waals surface area contributed by atoms with Gasteiger partial charge < -0.3 is 15.5 Å². The lowest BCUT2D eigenvalue weighted by atomic mass is 10.1. The molecule has 0 spiro atoms. The topological polar surface area (TPSA) is 69.6 Å². The molecule has 0 unspecified atom stereocenters. The molecule has 3 N–H and O–H groups in total. The molecule has 116 valence electrons. The third kappa shape index (κ3) is 3.20. The predicted molar refractivity (Wildman–Crippen MR) is 88.9 cm³/mol. The van der Waals surface area contributed by atoms with E-state index in [-0.39, 0.29) is 37.1 Å². The Morgan fingerprint density at radius 2 is 1.55 bits per heavy atom. The molecule has 4 nitrogen and oxygen atoms in total. The molecule has 0 saturated carbocycles. The number of halogens is 4. The minimum Gasteiger partial charge on any atom is -0.505 e. The van der Waals surface area contributed by atoms with Gasteiger partial charge in [0, 0.05) is 0 Å². The van der Waals surface area contributed by atoms with E-state index in [9.17, 15) is 15.0 Å². The van der Waals surface area contributed by atoms with Crippen LogP contribution < -0.4 is 5.32 Å². The van der Waals surface area contributed by atoms with Crippen LogP contribution in [0, 0.1) is 6.92 Å². The van der Waals surface area contributed by atoms with Crippen LogP contribution in [0.2, 0.25) is 20.1 Å². The van der Waals surface area contributed by atoms with E-state index in [1.807, 2.05) is 0 Å². The number of carbonyl (C=O) groups is 1. The maximum Gasteiger partial charge on any atom is 0.261 e. The van der Waals surface area contributed by atoms with Crippen LogP contribution in [0.15, 0.2) is 18.2 Å². The summed E-state index contributed by atoms with van der Waals surface area (Å²) in [7, 11) is 0. The van der Waals surface area contributed by atoms with Gasteiger partial charge >= 0.3 is 0 Å². The van der Waals surface area contributed by atoms with Crippen molar-refractivity contribution in [3.05, 3.63) is 49.4 Å². The van der Waals surface area contributed by atoms with Gasteiger partial charge in [0.25, 0.3) is 5.91 Å². The standard InChI is InChI=1S/C14H9Cl4NO3/c1-5-2-7(16)12(20)9(3-5)19-14(22)10-11(18)6(15)4-8(17)13(10)21/h2-4,20-21H,1H3,(H,19,22). The van der Waals surface area contributed by atoms with Crippen molar-refractivity contribution in [1.82, 2.24) is 0 Å². The number of phenolic OH excluding ortho intramolecular Hbond substituents is 2. The van der Waals surface area contributed by atoms with E-state index in [0.717, 1.165) is 5.56 Å². The van der Waals surface area contributed by atoms with Crippen LogP contribution in [0.1, 0.15) is 15.9 Å². The van der Waals surface area contributed by atoms with E-state index in [0.29, 0.717) is 0 Å². The molecule has 0 bridgehead atoms. The molecule has 0 aliphatic rings. The Labute approximate surface area is 146 Å². The third-order valence-corrected chi connectivity index (χ3v) is 4.19.